The smallest absolute Gasteiger partial charge is 0.104 e. The number of rotatable bonds is 1. The lowest BCUT2D eigenvalue weighted by atomic mass is 10.1. The van der Waals surface area contributed by atoms with E-state index in [4.69, 9.17) is 0 Å². The van der Waals surface area contributed by atoms with Gasteiger partial charge in [0, 0.05) is 18.2 Å². The molecule has 56 valence electrons. The molecular formula is C8H14N2. The van der Waals surface area contributed by atoms with E-state index in [1.807, 2.05) is 12.3 Å². The number of amidine groups is 1. The van der Waals surface area contributed by atoms with Crippen LogP contribution in [-0.2, 0) is 0 Å². The zero-order chi connectivity index (χ0) is 7.56. The zero-order valence-electron chi connectivity index (χ0n) is 6.76. The van der Waals surface area contributed by atoms with Crippen LogP contribution < -0.4 is 5.32 Å². The van der Waals surface area contributed by atoms with Crippen molar-refractivity contribution in [3.63, 3.8) is 0 Å². The predicted octanol–water partition coefficient (Wildman–Crippen LogP) is 1.55. The molecule has 0 radical (unpaired) electrons. The molecule has 0 aromatic rings. The first-order chi connectivity index (χ1) is 4.70. The lowest BCUT2D eigenvalue weighted by Crippen LogP contribution is -2.36. The van der Waals surface area contributed by atoms with E-state index in [9.17, 15) is 0 Å². The quantitative estimate of drug-likeness (QED) is 0.584. The maximum atomic E-state index is 4.20. The Morgan fingerprint density at radius 3 is 2.70 bits per heavy atom. The van der Waals surface area contributed by atoms with Crippen molar-refractivity contribution in [1.82, 2.24) is 5.32 Å². The van der Waals surface area contributed by atoms with Crippen molar-refractivity contribution in [3.8, 4) is 0 Å². The van der Waals surface area contributed by atoms with E-state index in [1.165, 1.54) is 0 Å². The van der Waals surface area contributed by atoms with Gasteiger partial charge >= 0.3 is 0 Å². The summed E-state index contributed by atoms with van der Waals surface area (Å²) < 4.78 is 0. The number of nitrogens with one attached hydrogen (secondary N) is 1. The summed E-state index contributed by atoms with van der Waals surface area (Å²) in [5.74, 6) is 1.60. The summed E-state index contributed by atoms with van der Waals surface area (Å²) in [6, 6.07) is 0.440. The largest absolute Gasteiger partial charge is 0.367 e. The predicted molar refractivity (Wildman–Crippen MR) is 44.0 cm³/mol. The van der Waals surface area contributed by atoms with Crippen LogP contribution in [0.4, 0.5) is 0 Å². The van der Waals surface area contributed by atoms with Gasteiger partial charge in [-0.05, 0) is 13.0 Å². The molecule has 1 aliphatic rings. The van der Waals surface area contributed by atoms with E-state index in [2.05, 4.69) is 31.1 Å². The normalized spacial score (nSPS) is 24.4. The molecule has 0 aliphatic carbocycles. The Bertz CT molecular complexity index is 168. The van der Waals surface area contributed by atoms with E-state index in [-0.39, 0.29) is 0 Å². The number of hydrogen-bond acceptors (Lipinski definition) is 2. The Morgan fingerprint density at radius 1 is 1.60 bits per heavy atom. The number of nitrogens with zero attached hydrogens (tertiary/aromatic N) is 1. The Hall–Kier alpha value is -0.790. The topological polar surface area (TPSA) is 24.4 Å². The third-order valence-electron chi connectivity index (χ3n) is 1.51. The molecule has 0 amide bonds. The first kappa shape index (κ1) is 7.32. The highest BCUT2D eigenvalue weighted by Crippen LogP contribution is 2.01. The van der Waals surface area contributed by atoms with Crippen molar-refractivity contribution in [2.75, 3.05) is 0 Å². The molecule has 1 aliphatic heterocycles. The fraction of sp³-hybridized carbons (Fsp3) is 0.625. The van der Waals surface area contributed by atoms with Gasteiger partial charge in [0.25, 0.3) is 0 Å². The Kier molecular flexibility index (Phi) is 2.10. The van der Waals surface area contributed by atoms with Gasteiger partial charge in [0.05, 0.1) is 0 Å². The molecule has 2 heteroatoms. The van der Waals surface area contributed by atoms with E-state index in [0.717, 1.165) is 5.84 Å². The average Bonchev–Trinajstić information content (AvgIpc) is 1.88. The summed E-state index contributed by atoms with van der Waals surface area (Å²) in [6.07, 6.45) is 3.92. The molecule has 0 aromatic heterocycles. The van der Waals surface area contributed by atoms with Crippen LogP contribution in [0.3, 0.4) is 0 Å². The van der Waals surface area contributed by atoms with E-state index in [0.29, 0.717) is 12.0 Å². The van der Waals surface area contributed by atoms with Gasteiger partial charge < -0.3 is 5.32 Å². The minimum atomic E-state index is 0.440. The second kappa shape index (κ2) is 2.86. The SMILES string of the molecule is CC1C=CN=C(C(C)C)N1. The molecule has 0 aromatic carbocycles. The summed E-state index contributed by atoms with van der Waals surface area (Å²) in [5.41, 5.74) is 0. The molecule has 10 heavy (non-hydrogen) atoms. The lowest BCUT2D eigenvalue weighted by Gasteiger charge is -2.18. The molecule has 0 saturated heterocycles. The molecule has 1 unspecified atom stereocenters. The van der Waals surface area contributed by atoms with Gasteiger partial charge in [-0.25, -0.2) is 4.99 Å². The molecule has 2 nitrogen and oxygen atoms in total. The number of hydrogen-bond donors (Lipinski definition) is 1. The monoisotopic (exact) mass is 138 g/mol. The van der Waals surface area contributed by atoms with Crippen molar-refractivity contribution in [2.45, 2.75) is 26.8 Å². The molecule has 1 rings (SSSR count). The highest BCUT2D eigenvalue weighted by Gasteiger charge is 2.08. The van der Waals surface area contributed by atoms with E-state index in [1.54, 1.807) is 0 Å². The number of aliphatic imine (C=N–C) groups is 1. The molecule has 0 saturated carbocycles. The second-order valence-electron chi connectivity index (χ2n) is 2.94. The summed E-state index contributed by atoms with van der Waals surface area (Å²) in [5, 5.41) is 3.28. The van der Waals surface area contributed by atoms with Gasteiger partial charge in [-0.1, -0.05) is 13.8 Å². The molecule has 0 fully saturated rings. The van der Waals surface area contributed by atoms with Gasteiger partial charge in [0.2, 0.25) is 0 Å². The average molecular weight is 138 g/mol. The Balaban J connectivity index is 2.61. The zero-order valence-corrected chi connectivity index (χ0v) is 6.76. The van der Waals surface area contributed by atoms with Crippen LogP contribution >= 0.6 is 0 Å². The van der Waals surface area contributed by atoms with Gasteiger partial charge in [-0.2, -0.15) is 0 Å². The van der Waals surface area contributed by atoms with Crippen molar-refractivity contribution >= 4 is 5.84 Å². The van der Waals surface area contributed by atoms with Crippen molar-refractivity contribution < 1.29 is 0 Å². The molecule has 1 heterocycles. The summed E-state index contributed by atoms with van der Waals surface area (Å²) >= 11 is 0. The summed E-state index contributed by atoms with van der Waals surface area (Å²) in [4.78, 5) is 4.20. The van der Waals surface area contributed by atoms with Crippen LogP contribution in [0.2, 0.25) is 0 Å². The van der Waals surface area contributed by atoms with Crippen LogP contribution in [0.5, 0.6) is 0 Å². The van der Waals surface area contributed by atoms with Gasteiger partial charge in [0.1, 0.15) is 5.84 Å². The van der Waals surface area contributed by atoms with Crippen LogP contribution in [0.15, 0.2) is 17.3 Å². The second-order valence-corrected chi connectivity index (χ2v) is 2.94. The fourth-order valence-electron chi connectivity index (χ4n) is 0.887. The third-order valence-corrected chi connectivity index (χ3v) is 1.51. The first-order valence-electron chi connectivity index (χ1n) is 3.71. The lowest BCUT2D eigenvalue weighted by molar-refractivity contribution is 0.725. The molecule has 0 bridgehead atoms. The van der Waals surface area contributed by atoms with Crippen molar-refractivity contribution in [1.29, 1.82) is 0 Å². The third kappa shape index (κ3) is 1.59. The summed E-state index contributed by atoms with van der Waals surface area (Å²) in [7, 11) is 0. The van der Waals surface area contributed by atoms with Crippen LogP contribution in [0, 0.1) is 5.92 Å². The van der Waals surface area contributed by atoms with E-state index < -0.39 is 0 Å². The van der Waals surface area contributed by atoms with Gasteiger partial charge in [-0.3, -0.25) is 0 Å². The van der Waals surface area contributed by atoms with Crippen molar-refractivity contribution in [2.24, 2.45) is 10.9 Å². The summed E-state index contributed by atoms with van der Waals surface area (Å²) in [6.45, 7) is 6.39. The van der Waals surface area contributed by atoms with Crippen LogP contribution in [0.1, 0.15) is 20.8 Å². The molecular weight excluding hydrogens is 124 g/mol. The maximum Gasteiger partial charge on any atom is 0.104 e. The highest BCUT2D eigenvalue weighted by molar-refractivity contribution is 5.85. The van der Waals surface area contributed by atoms with Gasteiger partial charge in [-0.15, -0.1) is 0 Å². The highest BCUT2D eigenvalue weighted by atomic mass is 15.0. The van der Waals surface area contributed by atoms with Gasteiger partial charge in [0.15, 0.2) is 0 Å². The molecule has 1 N–H and O–H groups in total. The first-order valence-corrected chi connectivity index (χ1v) is 3.71. The van der Waals surface area contributed by atoms with Crippen LogP contribution in [0.25, 0.3) is 0 Å². The fourth-order valence-corrected chi connectivity index (χ4v) is 0.887. The van der Waals surface area contributed by atoms with Crippen molar-refractivity contribution in [3.05, 3.63) is 12.3 Å². The minimum absolute atomic E-state index is 0.440. The maximum absolute atomic E-state index is 4.20. The minimum Gasteiger partial charge on any atom is -0.367 e. The molecule has 1 atom stereocenters. The van der Waals surface area contributed by atoms with E-state index >= 15 is 0 Å². The standard InChI is InChI=1S/C8H14N2/c1-6(2)8-9-5-4-7(3)10-8/h4-7H,1-3H3,(H,9,10). The Labute approximate surface area is 62.0 Å². The Morgan fingerprint density at radius 2 is 2.30 bits per heavy atom. The molecule has 0 spiro atoms. The van der Waals surface area contributed by atoms with Crippen LogP contribution in [-0.4, -0.2) is 11.9 Å².